The van der Waals surface area contributed by atoms with Crippen LogP contribution in [0.3, 0.4) is 0 Å². The zero-order chi connectivity index (χ0) is 14.8. The molecular weight excluding hydrogens is 294 g/mol. The van der Waals surface area contributed by atoms with E-state index in [1.165, 1.54) is 6.33 Å². The molecule has 0 N–H and O–H groups in total. The van der Waals surface area contributed by atoms with Crippen molar-refractivity contribution in [3.8, 4) is 0 Å². The summed E-state index contributed by atoms with van der Waals surface area (Å²) in [6.45, 7) is 5.83. The van der Waals surface area contributed by atoms with Gasteiger partial charge in [-0.25, -0.2) is 9.97 Å². The molecule has 2 saturated heterocycles. The molecule has 112 valence electrons. The second kappa shape index (κ2) is 4.39. The van der Waals surface area contributed by atoms with E-state index >= 15 is 0 Å². The molecule has 2 aliphatic rings. The van der Waals surface area contributed by atoms with Gasteiger partial charge in [0.15, 0.2) is 12.0 Å². The molecule has 4 heterocycles. The van der Waals surface area contributed by atoms with Crippen LogP contribution in [0.1, 0.15) is 27.0 Å². The number of hydrogen-bond acceptors (Lipinski definition) is 5. The Bertz CT molecular complexity index is 702. The average molecular weight is 310 g/mol. The normalized spacial score (nSPS) is 34.5. The number of ether oxygens (including phenoxy) is 3. The number of hydrogen-bond donors (Lipinski definition) is 0. The first kappa shape index (κ1) is 13.5. The van der Waals surface area contributed by atoms with Crippen LogP contribution in [0.4, 0.5) is 0 Å². The third kappa shape index (κ3) is 1.97. The molecule has 21 heavy (non-hydrogen) atoms. The minimum absolute atomic E-state index is 0.0449. The Hall–Kier alpha value is -1.21. The van der Waals surface area contributed by atoms with Gasteiger partial charge < -0.3 is 18.8 Å². The number of halogens is 1. The standard InChI is InChI=1S/C14H16ClN3O3/c1-7-9-10(21-14(2,3)20-9)13(19-7)18-5-4-8-11(15)16-6-17-12(8)18/h4-7,9-10,13H,1-3H3/t7-,9-,10-,13-/m1/s1. The van der Waals surface area contributed by atoms with E-state index < -0.39 is 5.79 Å². The molecule has 0 aromatic carbocycles. The molecule has 7 heteroatoms. The van der Waals surface area contributed by atoms with Gasteiger partial charge >= 0.3 is 0 Å². The van der Waals surface area contributed by atoms with Crippen molar-refractivity contribution in [1.29, 1.82) is 0 Å². The summed E-state index contributed by atoms with van der Waals surface area (Å²) >= 11 is 6.10. The van der Waals surface area contributed by atoms with Gasteiger partial charge in [-0.05, 0) is 26.8 Å². The summed E-state index contributed by atoms with van der Waals surface area (Å²) in [5.41, 5.74) is 0.737. The predicted molar refractivity (Wildman–Crippen MR) is 75.9 cm³/mol. The first-order chi connectivity index (χ1) is 9.96. The van der Waals surface area contributed by atoms with Crippen LogP contribution in [-0.4, -0.2) is 38.6 Å². The van der Waals surface area contributed by atoms with Crippen LogP contribution in [0.15, 0.2) is 18.6 Å². The van der Waals surface area contributed by atoms with E-state index in [1.54, 1.807) is 0 Å². The molecule has 0 aliphatic carbocycles. The van der Waals surface area contributed by atoms with E-state index in [1.807, 2.05) is 37.6 Å². The Morgan fingerprint density at radius 3 is 2.81 bits per heavy atom. The van der Waals surface area contributed by atoms with Crippen LogP contribution >= 0.6 is 11.6 Å². The third-order valence-electron chi connectivity index (χ3n) is 4.00. The van der Waals surface area contributed by atoms with Gasteiger partial charge in [0.25, 0.3) is 0 Å². The molecule has 2 fully saturated rings. The summed E-state index contributed by atoms with van der Waals surface area (Å²) < 4.78 is 19.9. The van der Waals surface area contributed by atoms with Crippen molar-refractivity contribution in [2.75, 3.05) is 0 Å². The fourth-order valence-electron chi connectivity index (χ4n) is 3.14. The largest absolute Gasteiger partial charge is 0.349 e. The predicted octanol–water partition coefficient (Wildman–Crippen LogP) is 2.52. The molecule has 0 bridgehead atoms. The van der Waals surface area contributed by atoms with Crippen LogP contribution in [0.2, 0.25) is 5.15 Å². The van der Waals surface area contributed by atoms with Gasteiger partial charge in [-0.1, -0.05) is 11.6 Å². The summed E-state index contributed by atoms with van der Waals surface area (Å²) in [5, 5.41) is 1.24. The van der Waals surface area contributed by atoms with Gasteiger partial charge in [-0.3, -0.25) is 0 Å². The van der Waals surface area contributed by atoms with Crippen LogP contribution in [0, 0.1) is 0 Å². The second-order valence-corrected chi connectivity index (χ2v) is 6.28. The minimum Gasteiger partial charge on any atom is -0.349 e. The molecule has 2 aliphatic heterocycles. The highest BCUT2D eigenvalue weighted by Crippen LogP contribution is 2.43. The van der Waals surface area contributed by atoms with E-state index in [0.29, 0.717) is 5.15 Å². The van der Waals surface area contributed by atoms with Crippen molar-refractivity contribution in [1.82, 2.24) is 14.5 Å². The van der Waals surface area contributed by atoms with Crippen molar-refractivity contribution in [2.24, 2.45) is 0 Å². The topological polar surface area (TPSA) is 58.4 Å². The molecule has 2 aromatic rings. The SMILES string of the molecule is C[C@H]1O[C@@H](n2ccc3c(Cl)ncnc32)[C@@H]2OC(C)(C)O[C@@H]21. The van der Waals surface area contributed by atoms with Crippen LogP contribution in [0.25, 0.3) is 11.0 Å². The molecule has 0 saturated carbocycles. The van der Waals surface area contributed by atoms with Crippen molar-refractivity contribution >= 4 is 22.6 Å². The Balaban J connectivity index is 1.77. The molecular formula is C14H16ClN3O3. The zero-order valence-electron chi connectivity index (χ0n) is 12.0. The summed E-state index contributed by atoms with van der Waals surface area (Å²) in [5.74, 6) is -0.596. The molecule has 4 atom stereocenters. The number of fused-ring (bicyclic) bond motifs is 2. The summed E-state index contributed by atoms with van der Waals surface area (Å²) in [7, 11) is 0. The first-order valence-corrected chi connectivity index (χ1v) is 7.32. The smallest absolute Gasteiger partial charge is 0.164 e. The molecule has 0 amide bonds. The van der Waals surface area contributed by atoms with Gasteiger partial charge in [0.1, 0.15) is 29.3 Å². The zero-order valence-corrected chi connectivity index (χ0v) is 12.7. The minimum atomic E-state index is -0.596. The third-order valence-corrected chi connectivity index (χ3v) is 4.30. The lowest BCUT2D eigenvalue weighted by atomic mass is 10.1. The molecule has 2 aromatic heterocycles. The van der Waals surface area contributed by atoms with Crippen LogP contribution in [0.5, 0.6) is 0 Å². The Labute approximate surface area is 127 Å². The van der Waals surface area contributed by atoms with Crippen molar-refractivity contribution < 1.29 is 14.2 Å². The molecule has 0 radical (unpaired) electrons. The van der Waals surface area contributed by atoms with E-state index in [0.717, 1.165) is 11.0 Å². The van der Waals surface area contributed by atoms with Crippen LogP contribution in [-0.2, 0) is 14.2 Å². The van der Waals surface area contributed by atoms with Gasteiger partial charge in [-0.15, -0.1) is 0 Å². The van der Waals surface area contributed by atoms with Gasteiger partial charge in [0.2, 0.25) is 0 Å². The van der Waals surface area contributed by atoms with Crippen LogP contribution < -0.4 is 0 Å². The van der Waals surface area contributed by atoms with Gasteiger partial charge in [-0.2, -0.15) is 0 Å². The summed E-state index contributed by atoms with van der Waals surface area (Å²) in [6.07, 6.45) is 2.78. The molecule has 4 rings (SSSR count). The molecule has 0 spiro atoms. The number of aromatic nitrogens is 3. The van der Waals surface area contributed by atoms with Crippen molar-refractivity contribution in [3.05, 3.63) is 23.7 Å². The maximum absolute atomic E-state index is 6.10. The highest BCUT2D eigenvalue weighted by molar-refractivity contribution is 6.33. The van der Waals surface area contributed by atoms with Crippen molar-refractivity contribution in [3.63, 3.8) is 0 Å². The second-order valence-electron chi connectivity index (χ2n) is 5.92. The van der Waals surface area contributed by atoms with Gasteiger partial charge in [0, 0.05) is 6.20 Å². The van der Waals surface area contributed by atoms with E-state index in [4.69, 9.17) is 25.8 Å². The number of rotatable bonds is 1. The van der Waals surface area contributed by atoms with Gasteiger partial charge in [0.05, 0.1) is 11.5 Å². The lowest BCUT2D eigenvalue weighted by Crippen LogP contribution is -2.27. The maximum Gasteiger partial charge on any atom is 0.164 e. The van der Waals surface area contributed by atoms with Crippen molar-refractivity contribution in [2.45, 2.75) is 51.1 Å². The maximum atomic E-state index is 6.10. The van der Waals surface area contributed by atoms with E-state index in [9.17, 15) is 0 Å². The Morgan fingerprint density at radius 2 is 2.00 bits per heavy atom. The molecule has 0 unspecified atom stereocenters. The molecule has 6 nitrogen and oxygen atoms in total. The lowest BCUT2D eigenvalue weighted by Gasteiger charge is -2.24. The highest BCUT2D eigenvalue weighted by Gasteiger charge is 2.54. The number of nitrogens with zero attached hydrogens (tertiary/aromatic N) is 3. The summed E-state index contributed by atoms with van der Waals surface area (Å²) in [4.78, 5) is 8.31. The van der Waals surface area contributed by atoms with E-state index in [2.05, 4.69) is 9.97 Å². The fraction of sp³-hybridized carbons (Fsp3) is 0.571. The first-order valence-electron chi connectivity index (χ1n) is 6.94. The lowest BCUT2D eigenvalue weighted by molar-refractivity contribution is -0.194. The average Bonchev–Trinajstić information content (AvgIpc) is 3.04. The quantitative estimate of drug-likeness (QED) is 0.758. The summed E-state index contributed by atoms with van der Waals surface area (Å²) in [6, 6.07) is 1.89. The highest BCUT2D eigenvalue weighted by atomic mass is 35.5. The Morgan fingerprint density at radius 1 is 1.24 bits per heavy atom. The fourth-order valence-corrected chi connectivity index (χ4v) is 3.34. The monoisotopic (exact) mass is 309 g/mol. The Kier molecular flexibility index (Phi) is 2.81. The van der Waals surface area contributed by atoms with E-state index in [-0.39, 0.29) is 24.5 Å².